The standard InChI is InChI=1S/C18H18O2/c1-3-13-8-9-16-14-6-4-5-7-15(14)18(17(16)10-13)11-20-12(2)19/h4-10,18H,3,11H2,1-2H3. The molecule has 0 N–H and O–H groups in total. The van der Waals surface area contributed by atoms with Gasteiger partial charge in [0.1, 0.15) is 6.61 Å². The minimum absolute atomic E-state index is 0.164. The summed E-state index contributed by atoms with van der Waals surface area (Å²) >= 11 is 0. The van der Waals surface area contributed by atoms with Gasteiger partial charge in [0.15, 0.2) is 0 Å². The monoisotopic (exact) mass is 266 g/mol. The van der Waals surface area contributed by atoms with Crippen LogP contribution in [0.3, 0.4) is 0 Å². The Hall–Kier alpha value is -2.09. The number of carbonyl (C=O) groups excluding carboxylic acids is 1. The fraction of sp³-hybridized carbons (Fsp3) is 0.278. The fourth-order valence-electron chi connectivity index (χ4n) is 2.96. The van der Waals surface area contributed by atoms with Crippen LogP contribution in [-0.2, 0) is 16.0 Å². The van der Waals surface area contributed by atoms with Crippen molar-refractivity contribution in [1.82, 2.24) is 0 Å². The highest BCUT2D eigenvalue weighted by Crippen LogP contribution is 2.45. The van der Waals surface area contributed by atoms with Crippen molar-refractivity contribution >= 4 is 5.97 Å². The number of hydrogen-bond acceptors (Lipinski definition) is 2. The average molecular weight is 266 g/mol. The van der Waals surface area contributed by atoms with Crippen molar-refractivity contribution in [2.24, 2.45) is 0 Å². The molecule has 102 valence electrons. The molecule has 2 aromatic rings. The summed E-state index contributed by atoms with van der Waals surface area (Å²) in [5, 5.41) is 0. The Morgan fingerprint density at radius 1 is 1.10 bits per heavy atom. The van der Waals surface area contributed by atoms with Gasteiger partial charge in [-0.15, -0.1) is 0 Å². The highest BCUT2D eigenvalue weighted by molar-refractivity contribution is 5.79. The van der Waals surface area contributed by atoms with Crippen molar-refractivity contribution in [3.8, 4) is 11.1 Å². The van der Waals surface area contributed by atoms with Gasteiger partial charge in [0.25, 0.3) is 0 Å². The van der Waals surface area contributed by atoms with Crippen LogP contribution in [0.15, 0.2) is 42.5 Å². The van der Waals surface area contributed by atoms with Gasteiger partial charge in [0, 0.05) is 12.8 Å². The number of hydrogen-bond donors (Lipinski definition) is 0. The fourth-order valence-corrected chi connectivity index (χ4v) is 2.96. The Kier molecular flexibility index (Phi) is 3.31. The quantitative estimate of drug-likeness (QED) is 0.787. The van der Waals surface area contributed by atoms with Gasteiger partial charge in [-0.3, -0.25) is 4.79 Å². The van der Waals surface area contributed by atoms with Crippen LogP contribution in [0.1, 0.15) is 36.5 Å². The molecule has 0 aliphatic heterocycles. The second-order valence-electron chi connectivity index (χ2n) is 5.22. The number of benzene rings is 2. The number of esters is 1. The van der Waals surface area contributed by atoms with Crippen LogP contribution in [-0.4, -0.2) is 12.6 Å². The molecule has 1 unspecified atom stereocenters. The van der Waals surface area contributed by atoms with E-state index < -0.39 is 0 Å². The summed E-state index contributed by atoms with van der Waals surface area (Å²) in [5.74, 6) is -0.0563. The van der Waals surface area contributed by atoms with Crippen LogP contribution >= 0.6 is 0 Å². The van der Waals surface area contributed by atoms with Gasteiger partial charge in [-0.1, -0.05) is 49.4 Å². The lowest BCUT2D eigenvalue weighted by Crippen LogP contribution is -2.10. The Morgan fingerprint density at radius 3 is 2.60 bits per heavy atom. The summed E-state index contributed by atoms with van der Waals surface area (Å²) < 4.78 is 5.27. The zero-order valence-corrected chi connectivity index (χ0v) is 11.8. The van der Waals surface area contributed by atoms with Crippen molar-refractivity contribution in [2.45, 2.75) is 26.2 Å². The molecular formula is C18H18O2. The molecule has 0 saturated carbocycles. The van der Waals surface area contributed by atoms with E-state index in [2.05, 4.69) is 43.3 Å². The van der Waals surface area contributed by atoms with Crippen molar-refractivity contribution < 1.29 is 9.53 Å². The molecule has 0 heterocycles. The lowest BCUT2D eigenvalue weighted by Gasteiger charge is -2.14. The third-order valence-electron chi connectivity index (χ3n) is 3.98. The first-order valence-electron chi connectivity index (χ1n) is 7.06. The molecule has 1 aliphatic carbocycles. The predicted molar refractivity (Wildman–Crippen MR) is 79.7 cm³/mol. The third-order valence-corrected chi connectivity index (χ3v) is 3.98. The Labute approximate surface area is 119 Å². The minimum atomic E-state index is -0.220. The molecule has 2 nitrogen and oxygen atoms in total. The second-order valence-corrected chi connectivity index (χ2v) is 5.22. The van der Waals surface area contributed by atoms with Gasteiger partial charge in [0.2, 0.25) is 0 Å². The lowest BCUT2D eigenvalue weighted by molar-refractivity contribution is -0.141. The van der Waals surface area contributed by atoms with Crippen molar-refractivity contribution in [1.29, 1.82) is 0 Å². The van der Waals surface area contributed by atoms with E-state index in [0.717, 1.165) is 6.42 Å². The molecule has 2 heteroatoms. The smallest absolute Gasteiger partial charge is 0.302 e. The average Bonchev–Trinajstić information content (AvgIpc) is 2.78. The van der Waals surface area contributed by atoms with Crippen LogP contribution < -0.4 is 0 Å². The number of rotatable bonds is 3. The minimum Gasteiger partial charge on any atom is -0.465 e. The Morgan fingerprint density at radius 2 is 1.85 bits per heavy atom. The highest BCUT2D eigenvalue weighted by Gasteiger charge is 2.29. The SMILES string of the molecule is CCc1ccc2c(c1)C(COC(C)=O)c1ccccc1-2. The van der Waals surface area contributed by atoms with Crippen LogP contribution in [0.25, 0.3) is 11.1 Å². The molecular weight excluding hydrogens is 248 g/mol. The van der Waals surface area contributed by atoms with E-state index in [1.807, 2.05) is 6.07 Å². The highest BCUT2D eigenvalue weighted by atomic mass is 16.5. The normalized spacial score (nSPS) is 15.6. The summed E-state index contributed by atoms with van der Waals surface area (Å²) in [6.07, 6.45) is 1.02. The largest absolute Gasteiger partial charge is 0.465 e. The van der Waals surface area contributed by atoms with Gasteiger partial charge in [-0.05, 0) is 34.2 Å². The molecule has 1 atom stereocenters. The maximum atomic E-state index is 11.1. The summed E-state index contributed by atoms with van der Waals surface area (Å²) in [7, 11) is 0. The molecule has 0 amide bonds. The van der Waals surface area contributed by atoms with Crippen LogP contribution in [0, 0.1) is 0 Å². The lowest BCUT2D eigenvalue weighted by atomic mass is 9.96. The summed E-state index contributed by atoms with van der Waals surface area (Å²) in [5.41, 5.74) is 6.41. The molecule has 0 aromatic heterocycles. The van der Waals surface area contributed by atoms with E-state index in [1.54, 1.807) is 0 Å². The van der Waals surface area contributed by atoms with Crippen molar-refractivity contribution in [3.05, 3.63) is 59.2 Å². The zero-order chi connectivity index (χ0) is 14.1. The topological polar surface area (TPSA) is 26.3 Å². The first-order chi connectivity index (χ1) is 9.70. The molecule has 0 bridgehead atoms. The van der Waals surface area contributed by atoms with Crippen LogP contribution in [0.2, 0.25) is 0 Å². The van der Waals surface area contributed by atoms with Gasteiger partial charge < -0.3 is 4.74 Å². The van der Waals surface area contributed by atoms with Crippen molar-refractivity contribution in [3.63, 3.8) is 0 Å². The number of fused-ring (bicyclic) bond motifs is 3. The maximum absolute atomic E-state index is 11.1. The van der Waals surface area contributed by atoms with Gasteiger partial charge in [-0.25, -0.2) is 0 Å². The number of carbonyl (C=O) groups is 1. The summed E-state index contributed by atoms with van der Waals surface area (Å²) in [6, 6.07) is 15.0. The predicted octanol–water partition coefficient (Wildman–Crippen LogP) is 3.92. The summed E-state index contributed by atoms with van der Waals surface area (Å²) in [6.45, 7) is 4.04. The number of aryl methyl sites for hydroxylation is 1. The van der Waals surface area contributed by atoms with E-state index in [4.69, 9.17) is 4.74 Å². The van der Waals surface area contributed by atoms with Gasteiger partial charge in [0.05, 0.1) is 0 Å². The second kappa shape index (κ2) is 5.12. The van der Waals surface area contributed by atoms with E-state index >= 15 is 0 Å². The molecule has 0 spiro atoms. The zero-order valence-electron chi connectivity index (χ0n) is 11.8. The van der Waals surface area contributed by atoms with Gasteiger partial charge in [-0.2, -0.15) is 0 Å². The van der Waals surface area contributed by atoms with E-state index in [0.29, 0.717) is 6.61 Å². The Bertz CT molecular complexity index is 658. The van der Waals surface area contributed by atoms with Crippen LogP contribution in [0.4, 0.5) is 0 Å². The molecule has 1 aliphatic rings. The van der Waals surface area contributed by atoms with Crippen molar-refractivity contribution in [2.75, 3.05) is 6.61 Å². The molecule has 0 saturated heterocycles. The Balaban J connectivity index is 2.07. The van der Waals surface area contributed by atoms with Crippen LogP contribution in [0.5, 0.6) is 0 Å². The molecule has 3 rings (SSSR count). The first-order valence-corrected chi connectivity index (χ1v) is 7.06. The van der Waals surface area contributed by atoms with E-state index in [-0.39, 0.29) is 11.9 Å². The van der Waals surface area contributed by atoms with Gasteiger partial charge >= 0.3 is 5.97 Å². The number of ether oxygens (including phenoxy) is 1. The molecule has 2 aromatic carbocycles. The van der Waals surface area contributed by atoms with E-state index in [9.17, 15) is 4.79 Å². The molecule has 0 radical (unpaired) electrons. The maximum Gasteiger partial charge on any atom is 0.302 e. The molecule has 0 fully saturated rings. The summed E-state index contributed by atoms with van der Waals surface area (Å²) in [4.78, 5) is 11.1. The molecule has 20 heavy (non-hydrogen) atoms. The third kappa shape index (κ3) is 2.11. The first kappa shape index (κ1) is 12.9. The van der Waals surface area contributed by atoms with E-state index in [1.165, 1.54) is 34.7 Å².